The van der Waals surface area contributed by atoms with Gasteiger partial charge in [0.1, 0.15) is 5.75 Å². The smallest absolute Gasteiger partial charge is 0.126 e. The second-order valence-corrected chi connectivity index (χ2v) is 3.51. The van der Waals surface area contributed by atoms with Gasteiger partial charge in [0.25, 0.3) is 0 Å². The molecular formula is C13H16ClNO. The SMILES string of the molecule is COc1cccc2c(CCN)cccc12.Cl. The summed E-state index contributed by atoms with van der Waals surface area (Å²) in [5.41, 5.74) is 6.88. The van der Waals surface area contributed by atoms with Crippen LogP contribution in [0.5, 0.6) is 5.75 Å². The van der Waals surface area contributed by atoms with Crippen LogP contribution in [0.1, 0.15) is 5.56 Å². The summed E-state index contributed by atoms with van der Waals surface area (Å²) in [5, 5.41) is 2.40. The van der Waals surface area contributed by atoms with Crippen molar-refractivity contribution in [1.82, 2.24) is 0 Å². The predicted molar refractivity (Wildman–Crippen MR) is 70.5 cm³/mol. The number of fused-ring (bicyclic) bond motifs is 1. The predicted octanol–water partition coefficient (Wildman–Crippen LogP) is 2.77. The zero-order valence-electron chi connectivity index (χ0n) is 9.27. The van der Waals surface area contributed by atoms with Crippen LogP contribution in [0, 0.1) is 0 Å². The maximum Gasteiger partial charge on any atom is 0.126 e. The third-order valence-corrected chi connectivity index (χ3v) is 2.61. The molecule has 0 aliphatic carbocycles. The lowest BCUT2D eigenvalue weighted by atomic mass is 10.0. The van der Waals surface area contributed by atoms with Gasteiger partial charge in [-0.15, -0.1) is 12.4 Å². The Kier molecular flexibility index (Phi) is 4.59. The molecule has 0 bridgehead atoms. The van der Waals surface area contributed by atoms with Gasteiger partial charge in [0.2, 0.25) is 0 Å². The first kappa shape index (κ1) is 12.8. The van der Waals surface area contributed by atoms with Crippen molar-refractivity contribution in [3.63, 3.8) is 0 Å². The van der Waals surface area contributed by atoms with Gasteiger partial charge >= 0.3 is 0 Å². The number of nitrogens with two attached hydrogens (primary N) is 1. The van der Waals surface area contributed by atoms with E-state index in [0.29, 0.717) is 6.54 Å². The first-order valence-electron chi connectivity index (χ1n) is 5.11. The summed E-state index contributed by atoms with van der Waals surface area (Å²) < 4.78 is 5.33. The van der Waals surface area contributed by atoms with Crippen LogP contribution in [-0.4, -0.2) is 13.7 Å². The lowest BCUT2D eigenvalue weighted by Crippen LogP contribution is -2.03. The maximum atomic E-state index is 5.59. The van der Waals surface area contributed by atoms with Gasteiger partial charge in [-0.3, -0.25) is 0 Å². The number of hydrogen-bond donors (Lipinski definition) is 1. The molecule has 0 fully saturated rings. The van der Waals surface area contributed by atoms with Crippen LogP contribution < -0.4 is 10.5 Å². The summed E-state index contributed by atoms with van der Waals surface area (Å²) in [5.74, 6) is 0.923. The minimum Gasteiger partial charge on any atom is -0.496 e. The second kappa shape index (κ2) is 5.73. The van der Waals surface area contributed by atoms with E-state index in [1.54, 1.807) is 7.11 Å². The molecule has 16 heavy (non-hydrogen) atoms. The van der Waals surface area contributed by atoms with Gasteiger partial charge in [-0.05, 0) is 30.0 Å². The third-order valence-electron chi connectivity index (χ3n) is 2.61. The highest BCUT2D eigenvalue weighted by Gasteiger charge is 2.03. The fourth-order valence-electron chi connectivity index (χ4n) is 1.90. The van der Waals surface area contributed by atoms with Gasteiger partial charge in [0.15, 0.2) is 0 Å². The molecule has 0 atom stereocenters. The molecule has 0 aliphatic rings. The van der Waals surface area contributed by atoms with Crippen molar-refractivity contribution in [2.75, 3.05) is 13.7 Å². The van der Waals surface area contributed by atoms with Crippen molar-refractivity contribution in [3.05, 3.63) is 42.0 Å². The van der Waals surface area contributed by atoms with Crippen LogP contribution in [0.3, 0.4) is 0 Å². The lowest BCUT2D eigenvalue weighted by molar-refractivity contribution is 0.420. The van der Waals surface area contributed by atoms with Crippen molar-refractivity contribution in [2.24, 2.45) is 5.73 Å². The highest BCUT2D eigenvalue weighted by Crippen LogP contribution is 2.27. The van der Waals surface area contributed by atoms with Crippen molar-refractivity contribution in [1.29, 1.82) is 0 Å². The van der Waals surface area contributed by atoms with Gasteiger partial charge in [-0.1, -0.05) is 30.3 Å². The van der Waals surface area contributed by atoms with E-state index in [2.05, 4.69) is 24.3 Å². The largest absolute Gasteiger partial charge is 0.496 e. The Hall–Kier alpha value is -1.25. The lowest BCUT2D eigenvalue weighted by Gasteiger charge is -2.08. The molecule has 2 N–H and O–H groups in total. The molecule has 86 valence electrons. The summed E-state index contributed by atoms with van der Waals surface area (Å²) in [6.07, 6.45) is 0.907. The van der Waals surface area contributed by atoms with Crippen molar-refractivity contribution < 1.29 is 4.74 Å². The molecule has 0 saturated heterocycles. The average Bonchev–Trinajstić information content (AvgIpc) is 2.29. The van der Waals surface area contributed by atoms with Crippen LogP contribution in [-0.2, 0) is 6.42 Å². The standard InChI is InChI=1S/C13H15NO.ClH/c1-15-13-7-3-5-11-10(8-9-14)4-2-6-12(11)13;/h2-7H,8-9,14H2,1H3;1H. The number of benzene rings is 2. The van der Waals surface area contributed by atoms with Gasteiger partial charge in [-0.25, -0.2) is 0 Å². The number of halogens is 1. The molecule has 2 nitrogen and oxygen atoms in total. The van der Waals surface area contributed by atoms with E-state index >= 15 is 0 Å². The number of hydrogen-bond acceptors (Lipinski definition) is 2. The highest BCUT2D eigenvalue weighted by molar-refractivity contribution is 5.90. The van der Waals surface area contributed by atoms with Crippen LogP contribution in [0.2, 0.25) is 0 Å². The van der Waals surface area contributed by atoms with Crippen molar-refractivity contribution >= 4 is 23.2 Å². The molecule has 2 aromatic carbocycles. The van der Waals surface area contributed by atoms with E-state index in [1.165, 1.54) is 10.9 Å². The number of ether oxygens (including phenoxy) is 1. The summed E-state index contributed by atoms with van der Waals surface area (Å²) in [6.45, 7) is 0.677. The Morgan fingerprint density at radius 3 is 2.44 bits per heavy atom. The quantitative estimate of drug-likeness (QED) is 0.891. The molecular weight excluding hydrogens is 222 g/mol. The van der Waals surface area contributed by atoms with E-state index in [0.717, 1.165) is 17.6 Å². The third kappa shape index (κ3) is 2.29. The molecule has 0 saturated carbocycles. The Bertz CT molecular complexity index is 470. The average molecular weight is 238 g/mol. The molecule has 0 aliphatic heterocycles. The number of methoxy groups -OCH3 is 1. The van der Waals surface area contributed by atoms with E-state index in [9.17, 15) is 0 Å². The highest BCUT2D eigenvalue weighted by atomic mass is 35.5. The zero-order chi connectivity index (χ0) is 10.7. The van der Waals surface area contributed by atoms with Gasteiger partial charge in [0, 0.05) is 5.39 Å². The molecule has 2 rings (SSSR count). The summed E-state index contributed by atoms with van der Waals surface area (Å²) in [4.78, 5) is 0. The molecule has 0 heterocycles. The van der Waals surface area contributed by atoms with E-state index < -0.39 is 0 Å². The first-order valence-corrected chi connectivity index (χ1v) is 5.11. The normalized spacial score (nSPS) is 9.88. The fourth-order valence-corrected chi connectivity index (χ4v) is 1.90. The van der Waals surface area contributed by atoms with Crippen LogP contribution in [0.4, 0.5) is 0 Å². The minimum atomic E-state index is 0. The van der Waals surface area contributed by atoms with Crippen LogP contribution in [0.15, 0.2) is 36.4 Å². The van der Waals surface area contributed by atoms with Gasteiger partial charge in [-0.2, -0.15) is 0 Å². The van der Waals surface area contributed by atoms with E-state index in [-0.39, 0.29) is 12.4 Å². The molecule has 3 heteroatoms. The Labute approximate surface area is 102 Å². The zero-order valence-corrected chi connectivity index (χ0v) is 10.1. The Morgan fingerprint density at radius 2 is 1.75 bits per heavy atom. The molecule has 0 aromatic heterocycles. The summed E-state index contributed by atoms with van der Waals surface area (Å²) >= 11 is 0. The Balaban J connectivity index is 0.00000128. The Morgan fingerprint density at radius 1 is 1.06 bits per heavy atom. The molecule has 0 spiro atoms. The number of rotatable bonds is 3. The summed E-state index contributed by atoms with van der Waals surface area (Å²) in [7, 11) is 1.70. The molecule has 0 unspecified atom stereocenters. The van der Waals surface area contributed by atoms with E-state index in [1.807, 2.05) is 12.1 Å². The topological polar surface area (TPSA) is 35.2 Å². The minimum absolute atomic E-state index is 0. The van der Waals surface area contributed by atoms with Crippen molar-refractivity contribution in [3.8, 4) is 5.75 Å². The van der Waals surface area contributed by atoms with Crippen molar-refractivity contribution in [2.45, 2.75) is 6.42 Å². The van der Waals surface area contributed by atoms with Gasteiger partial charge < -0.3 is 10.5 Å². The van der Waals surface area contributed by atoms with Crippen LogP contribution in [0.25, 0.3) is 10.8 Å². The summed E-state index contributed by atoms with van der Waals surface area (Å²) in [6, 6.07) is 12.4. The monoisotopic (exact) mass is 237 g/mol. The van der Waals surface area contributed by atoms with Gasteiger partial charge in [0.05, 0.1) is 7.11 Å². The molecule has 0 amide bonds. The second-order valence-electron chi connectivity index (χ2n) is 3.51. The van der Waals surface area contributed by atoms with Crippen LogP contribution >= 0.6 is 12.4 Å². The maximum absolute atomic E-state index is 5.59. The first-order chi connectivity index (χ1) is 7.36. The van der Waals surface area contributed by atoms with E-state index in [4.69, 9.17) is 10.5 Å². The molecule has 0 radical (unpaired) electrons. The fraction of sp³-hybridized carbons (Fsp3) is 0.231. The molecule has 2 aromatic rings.